The first-order valence-corrected chi connectivity index (χ1v) is 33.9. The summed E-state index contributed by atoms with van der Waals surface area (Å²) in [6, 6.07) is 0. The number of alkyl halides is 2. The molecule has 37 heavy (non-hydrogen) atoms. The van der Waals surface area contributed by atoms with E-state index in [9.17, 15) is 13.9 Å². The first kappa shape index (κ1) is 51.1. The Balaban J connectivity index is -0.000000132. The second-order valence-corrected chi connectivity index (χ2v) is 54.7. The Labute approximate surface area is 293 Å². The van der Waals surface area contributed by atoms with Gasteiger partial charge in [-0.2, -0.15) is 13.8 Å². The molecule has 2 fully saturated rings. The number of hydrogen-bond donors (Lipinski definition) is 2. The molecule has 5 nitrogen and oxygen atoms in total. The van der Waals surface area contributed by atoms with Gasteiger partial charge in [0.05, 0.1) is 24.9 Å². The van der Waals surface area contributed by atoms with Crippen molar-refractivity contribution in [2.75, 3.05) is 13.2 Å². The minimum absolute atomic E-state index is 0. The fourth-order valence-corrected chi connectivity index (χ4v) is 3.10. The van der Waals surface area contributed by atoms with Crippen LogP contribution in [0.15, 0.2) is 0 Å². The Kier molecular flexibility index (Phi) is 42.1. The fraction of sp³-hybridized carbons (Fsp3) is 0.913. The molecule has 0 amide bonds. The maximum atomic E-state index is 14.2. The van der Waals surface area contributed by atoms with Gasteiger partial charge in [0.15, 0.2) is 11.3 Å². The molecule has 2 N–H and O–H groups in total. The van der Waals surface area contributed by atoms with Gasteiger partial charge in [0, 0.05) is 6.61 Å². The quantitative estimate of drug-likeness (QED) is 0.213. The van der Waals surface area contributed by atoms with Crippen LogP contribution in [0.2, 0.25) is 0 Å². The van der Waals surface area contributed by atoms with Gasteiger partial charge in [-0.25, -0.2) is 8.78 Å². The summed E-state index contributed by atoms with van der Waals surface area (Å²) in [5.74, 6) is 0. The number of aliphatic hydroxyl groups excluding tert-OH is 2. The van der Waals surface area contributed by atoms with Gasteiger partial charge in [-0.15, -0.1) is 0 Å². The van der Waals surface area contributed by atoms with Gasteiger partial charge in [-0.05, 0) is 40.5 Å². The van der Waals surface area contributed by atoms with Crippen LogP contribution in [0.5, 0.6) is 0 Å². The molecule has 0 aromatic heterocycles. The molecule has 3 unspecified atom stereocenters. The number of aliphatic hydroxyl groups is 2. The van der Waals surface area contributed by atoms with Crippen molar-refractivity contribution < 1.29 is 47.6 Å². The first-order chi connectivity index (χ1) is 16.7. The Morgan fingerprint density at radius 1 is 0.946 bits per heavy atom. The van der Waals surface area contributed by atoms with Crippen LogP contribution in [0.1, 0.15) is 75.7 Å². The van der Waals surface area contributed by atoms with Crippen LogP contribution in [-0.4, -0.2) is 71.4 Å². The first-order valence-electron chi connectivity index (χ1n) is 11.4. The Hall–Kier alpha value is 4.48. The summed E-state index contributed by atoms with van der Waals surface area (Å²) in [6.45, 7) is 20.5. The van der Waals surface area contributed by atoms with Crippen LogP contribution in [0.25, 0.3) is 0 Å². The zero-order valence-corrected chi connectivity index (χ0v) is 35.9. The summed E-state index contributed by atoms with van der Waals surface area (Å²) < 4.78 is 43.6. The molecule has 0 spiro atoms. The van der Waals surface area contributed by atoms with Crippen molar-refractivity contribution in [1.82, 2.24) is 0 Å². The average molecular weight is 1180 g/mol. The van der Waals surface area contributed by atoms with Gasteiger partial charge in [-0.3, -0.25) is 0 Å². The van der Waals surface area contributed by atoms with E-state index in [1.54, 1.807) is 34.6 Å². The van der Waals surface area contributed by atoms with Gasteiger partial charge in [-0.1, -0.05) is 21.3 Å². The predicted molar refractivity (Wildman–Crippen MR) is 190 cm³/mol. The third-order valence-electron chi connectivity index (χ3n) is 5.26. The Morgan fingerprint density at radius 3 is 1.54 bits per heavy atom. The van der Waals surface area contributed by atoms with Crippen LogP contribution >= 0.6 is 99.9 Å². The summed E-state index contributed by atoms with van der Waals surface area (Å²) in [5.41, 5.74) is -3.09. The Morgan fingerprint density at radius 2 is 1.30 bits per heavy atom. The molecule has 2 aliphatic heterocycles. The summed E-state index contributed by atoms with van der Waals surface area (Å²) in [4.78, 5) is -0.278. The number of halogens is 7. The standard InChI is InChI=1S/C11H21FO2.C7H13FO3.2C2H5.CH4.5HI.2V/c1-5-7-13-10-9(6-2)14-8(3)11(10,4)12;1-4-7(2,8)6(10)5(3-9)11-4;2*1-2;;;;;;;;/h8-10H,5-7H2,1-4H3;4-6,9-10H,3H2,1-2H3;2*1H2,2H3;1H4;5*1H;;/q;;2*-1;;;;;;;+2;+3/p-5/t8?,9-,10?,11+;4-,5+,6?,7-;;;;;;;;;;/m10........../s1. The van der Waals surface area contributed by atoms with Crippen LogP contribution in [0.3, 0.4) is 0 Å². The normalized spacial score (nSPS) is 33.3. The summed E-state index contributed by atoms with van der Waals surface area (Å²) in [6.07, 6.45) is -1.80. The van der Waals surface area contributed by atoms with E-state index in [0.717, 1.165) is 12.8 Å². The molecule has 0 aromatic carbocycles. The monoisotopic (exact) mass is 1180 g/mol. The molecule has 8 atom stereocenters. The third-order valence-corrected chi connectivity index (χ3v) is 5.26. The van der Waals surface area contributed by atoms with Gasteiger partial charge < -0.3 is 38.3 Å². The second kappa shape index (κ2) is 30.5. The summed E-state index contributed by atoms with van der Waals surface area (Å²) in [5, 5.41) is 17.9. The van der Waals surface area contributed by atoms with Crippen molar-refractivity contribution in [1.29, 1.82) is 0 Å². The van der Waals surface area contributed by atoms with Crippen molar-refractivity contribution >= 4 is 99.9 Å². The third kappa shape index (κ3) is 21.8. The molecule has 2 rings (SSSR count). The molecular weight excluding hydrogens is 1130 g/mol. The van der Waals surface area contributed by atoms with Crippen molar-refractivity contribution in [3.8, 4) is 0 Å². The number of rotatable bonds is 5. The van der Waals surface area contributed by atoms with E-state index < -0.39 is 35.8 Å². The molecule has 2 heterocycles. The van der Waals surface area contributed by atoms with E-state index in [1.165, 1.54) is 6.92 Å². The molecule has 2 aliphatic rings. The van der Waals surface area contributed by atoms with Crippen LogP contribution < -0.4 is 0 Å². The van der Waals surface area contributed by atoms with Gasteiger partial charge in [0.1, 0.15) is 18.3 Å². The van der Waals surface area contributed by atoms with Crippen molar-refractivity contribution in [3.63, 3.8) is 0 Å². The second-order valence-electron chi connectivity index (χ2n) is 7.52. The van der Waals surface area contributed by atoms with Crippen molar-refractivity contribution in [2.45, 2.75) is 124 Å². The molecule has 0 radical (unpaired) electrons. The van der Waals surface area contributed by atoms with Crippen molar-refractivity contribution in [2.24, 2.45) is 0 Å². The van der Waals surface area contributed by atoms with E-state index in [2.05, 4.69) is 114 Å². The van der Waals surface area contributed by atoms with Crippen LogP contribution in [0, 0.1) is 13.8 Å². The van der Waals surface area contributed by atoms with Crippen LogP contribution in [-0.2, 0) is 28.6 Å². The SMILES string of the molecule is C.CCCOC1[C@@H](CC)OC(C)[C@]1(C)F.C[C@@H]1O[C@H](CO)C(O)[C@@]1(C)F.[CH2-]C.[CH2-]C.[I][V]([I])[I].[I][V][I]. The van der Waals surface area contributed by atoms with E-state index in [0.29, 0.717) is 16.1 Å². The minimum atomic E-state index is -1.74. The van der Waals surface area contributed by atoms with Gasteiger partial charge in [0.2, 0.25) is 0 Å². The maximum absolute atomic E-state index is 14.2. The predicted octanol–water partition coefficient (Wildman–Crippen LogP) is 9.30. The van der Waals surface area contributed by atoms with E-state index in [4.69, 9.17) is 19.3 Å². The topological polar surface area (TPSA) is 68.2 Å². The zero-order chi connectivity index (χ0) is 29.7. The van der Waals surface area contributed by atoms with Gasteiger partial charge in [0.25, 0.3) is 0 Å². The average Bonchev–Trinajstić information content (AvgIpc) is 3.17. The molecule has 2 saturated heterocycles. The fourth-order valence-electron chi connectivity index (χ4n) is 3.10. The van der Waals surface area contributed by atoms with E-state index >= 15 is 0 Å². The van der Waals surface area contributed by atoms with Crippen LogP contribution in [0.4, 0.5) is 8.78 Å². The molecule has 231 valence electrons. The number of ether oxygens (including phenoxy) is 3. The zero-order valence-electron chi connectivity index (χ0n) is 22.4. The molecule has 0 aromatic rings. The summed E-state index contributed by atoms with van der Waals surface area (Å²) >= 11 is 12.1. The van der Waals surface area contributed by atoms with Crippen molar-refractivity contribution in [3.05, 3.63) is 13.8 Å². The number of hydrogen-bond acceptors (Lipinski definition) is 5. The van der Waals surface area contributed by atoms with E-state index in [-0.39, 0.29) is 31.2 Å². The molecule has 0 bridgehead atoms. The molecule has 14 heteroatoms. The summed E-state index contributed by atoms with van der Waals surface area (Å²) in [7, 11) is 0.628. The molecular formula is C23H48F2I5O5V2-2. The van der Waals surface area contributed by atoms with E-state index in [1.807, 2.05) is 13.8 Å². The molecule has 0 saturated carbocycles. The Bertz CT molecular complexity index is 488. The van der Waals surface area contributed by atoms with Gasteiger partial charge >= 0.3 is 114 Å². The molecule has 0 aliphatic carbocycles.